The van der Waals surface area contributed by atoms with Crippen LogP contribution < -0.4 is 5.32 Å². The van der Waals surface area contributed by atoms with Crippen molar-refractivity contribution in [3.8, 4) is 0 Å². The van der Waals surface area contributed by atoms with Crippen molar-refractivity contribution in [3.63, 3.8) is 0 Å². The highest BCUT2D eigenvalue weighted by Crippen LogP contribution is 2.23. The van der Waals surface area contributed by atoms with Gasteiger partial charge in [-0.3, -0.25) is 29.4 Å². The molecule has 1 heterocycles. The summed E-state index contributed by atoms with van der Waals surface area (Å²) in [5.74, 6) is -3.27. The largest absolute Gasteiger partial charge is 0.295 e. The second-order valence-corrected chi connectivity index (χ2v) is 4.61. The number of nitrogens with one attached hydrogen (secondary N) is 1. The van der Waals surface area contributed by atoms with E-state index in [2.05, 4.69) is 5.32 Å². The number of imide groups is 2. The van der Waals surface area contributed by atoms with Crippen LogP contribution in [0.25, 0.3) is 0 Å². The van der Waals surface area contributed by atoms with E-state index in [0.717, 1.165) is 12.1 Å². The lowest BCUT2D eigenvalue weighted by Gasteiger charge is -2.12. The Morgan fingerprint density at radius 3 is 2.48 bits per heavy atom. The number of halogens is 1. The topological polar surface area (TPSA) is 83.6 Å². The van der Waals surface area contributed by atoms with E-state index in [9.17, 15) is 23.6 Å². The Hall–Kier alpha value is -2.57. The minimum absolute atomic E-state index is 0.0501. The van der Waals surface area contributed by atoms with Crippen molar-refractivity contribution in [3.05, 3.63) is 35.1 Å². The maximum absolute atomic E-state index is 13.1. The third-order valence-corrected chi connectivity index (χ3v) is 2.99. The van der Waals surface area contributed by atoms with Crippen LogP contribution in [0.15, 0.2) is 18.2 Å². The molecule has 21 heavy (non-hydrogen) atoms. The van der Waals surface area contributed by atoms with Gasteiger partial charge in [-0.05, 0) is 24.6 Å². The van der Waals surface area contributed by atoms with E-state index in [1.54, 1.807) is 6.92 Å². The van der Waals surface area contributed by atoms with Gasteiger partial charge in [0, 0.05) is 6.42 Å². The molecule has 1 N–H and O–H groups in total. The fraction of sp³-hybridized carbons (Fsp3) is 0.286. The van der Waals surface area contributed by atoms with Gasteiger partial charge in [-0.2, -0.15) is 0 Å². The smallest absolute Gasteiger partial charge is 0.262 e. The molecular weight excluding hydrogens is 279 g/mol. The van der Waals surface area contributed by atoms with E-state index in [1.165, 1.54) is 6.07 Å². The third kappa shape index (κ3) is 2.96. The van der Waals surface area contributed by atoms with Crippen LogP contribution in [0.4, 0.5) is 4.39 Å². The highest BCUT2D eigenvalue weighted by atomic mass is 19.1. The minimum atomic E-state index is -0.747. The predicted octanol–water partition coefficient (Wildman–Crippen LogP) is 0.865. The van der Waals surface area contributed by atoms with Gasteiger partial charge in [0.25, 0.3) is 11.8 Å². The zero-order valence-electron chi connectivity index (χ0n) is 11.3. The Morgan fingerprint density at radius 2 is 1.81 bits per heavy atom. The van der Waals surface area contributed by atoms with Crippen LogP contribution in [-0.2, 0) is 9.59 Å². The number of nitrogens with zero attached hydrogens (tertiary/aromatic N) is 1. The average Bonchev–Trinajstić information content (AvgIpc) is 2.64. The number of hydrogen-bond acceptors (Lipinski definition) is 4. The average molecular weight is 292 g/mol. The first-order valence-corrected chi connectivity index (χ1v) is 6.42. The summed E-state index contributed by atoms with van der Waals surface area (Å²) in [6.45, 7) is 1.21. The Kier molecular flexibility index (Phi) is 4.11. The molecule has 0 saturated carbocycles. The molecule has 0 bridgehead atoms. The summed E-state index contributed by atoms with van der Waals surface area (Å²) in [6, 6.07) is 3.22. The van der Waals surface area contributed by atoms with Crippen LogP contribution in [0.1, 0.15) is 40.5 Å². The van der Waals surface area contributed by atoms with E-state index in [4.69, 9.17) is 0 Å². The maximum Gasteiger partial charge on any atom is 0.262 e. The summed E-state index contributed by atoms with van der Waals surface area (Å²) < 4.78 is 13.1. The number of benzene rings is 1. The number of carbonyl (C=O) groups excluding carboxylic acids is 4. The quantitative estimate of drug-likeness (QED) is 0.834. The first kappa shape index (κ1) is 14.8. The van der Waals surface area contributed by atoms with Crippen molar-refractivity contribution in [2.45, 2.75) is 19.8 Å². The van der Waals surface area contributed by atoms with E-state index in [-0.39, 0.29) is 17.5 Å². The van der Waals surface area contributed by atoms with Gasteiger partial charge in [-0.25, -0.2) is 4.39 Å². The van der Waals surface area contributed by atoms with Crippen molar-refractivity contribution in [2.75, 3.05) is 6.54 Å². The Balaban J connectivity index is 2.10. The molecule has 0 fully saturated rings. The molecule has 1 aliphatic rings. The lowest BCUT2D eigenvalue weighted by Crippen LogP contribution is -2.42. The highest BCUT2D eigenvalue weighted by molar-refractivity contribution is 6.22. The molecule has 1 aromatic rings. The number of amides is 4. The van der Waals surface area contributed by atoms with Crippen molar-refractivity contribution in [1.29, 1.82) is 0 Å². The van der Waals surface area contributed by atoms with E-state index in [0.29, 0.717) is 11.3 Å². The standard InChI is InChI=1S/C14H13FN2O4/c1-2-3-11(18)16-12(19)7-17-13(20)9-5-4-8(15)6-10(9)14(17)21/h4-6H,2-3,7H2,1H3,(H,16,18,19). The number of carbonyl (C=O) groups is 4. The number of hydrogen-bond donors (Lipinski definition) is 1. The van der Waals surface area contributed by atoms with Crippen LogP contribution in [0, 0.1) is 5.82 Å². The lowest BCUT2D eigenvalue weighted by atomic mass is 10.1. The summed E-state index contributed by atoms with van der Waals surface area (Å²) in [5, 5.41) is 2.09. The zero-order valence-corrected chi connectivity index (χ0v) is 11.3. The minimum Gasteiger partial charge on any atom is -0.295 e. The van der Waals surface area contributed by atoms with Crippen LogP contribution in [0.2, 0.25) is 0 Å². The summed E-state index contributed by atoms with van der Waals surface area (Å²) in [4.78, 5) is 47.6. The first-order valence-electron chi connectivity index (χ1n) is 6.42. The maximum atomic E-state index is 13.1. The Morgan fingerprint density at radius 1 is 1.14 bits per heavy atom. The molecule has 110 valence electrons. The van der Waals surface area contributed by atoms with Gasteiger partial charge in [-0.1, -0.05) is 6.92 Å². The van der Waals surface area contributed by atoms with Gasteiger partial charge in [-0.15, -0.1) is 0 Å². The molecule has 4 amide bonds. The van der Waals surface area contributed by atoms with E-state index in [1.807, 2.05) is 0 Å². The predicted molar refractivity (Wildman–Crippen MR) is 69.8 cm³/mol. The lowest BCUT2D eigenvalue weighted by molar-refractivity contribution is -0.130. The molecule has 0 saturated heterocycles. The molecular formula is C14H13FN2O4. The van der Waals surface area contributed by atoms with Crippen molar-refractivity contribution < 1.29 is 23.6 Å². The molecule has 7 heteroatoms. The summed E-state index contributed by atoms with van der Waals surface area (Å²) >= 11 is 0. The molecule has 0 aromatic heterocycles. The molecule has 1 aliphatic heterocycles. The van der Waals surface area contributed by atoms with Crippen LogP contribution in [0.5, 0.6) is 0 Å². The van der Waals surface area contributed by atoms with Crippen molar-refractivity contribution in [1.82, 2.24) is 10.2 Å². The molecule has 6 nitrogen and oxygen atoms in total. The van der Waals surface area contributed by atoms with Crippen LogP contribution in [-0.4, -0.2) is 35.1 Å². The molecule has 0 spiro atoms. The summed E-state index contributed by atoms with van der Waals surface area (Å²) in [6.07, 6.45) is 0.754. The van der Waals surface area contributed by atoms with Gasteiger partial charge < -0.3 is 0 Å². The second kappa shape index (κ2) is 5.82. The molecule has 0 atom stereocenters. The number of rotatable bonds is 4. The summed E-state index contributed by atoms with van der Waals surface area (Å²) in [7, 11) is 0. The van der Waals surface area contributed by atoms with Gasteiger partial charge in [0.2, 0.25) is 11.8 Å². The fourth-order valence-corrected chi connectivity index (χ4v) is 2.03. The van der Waals surface area contributed by atoms with Crippen molar-refractivity contribution >= 4 is 23.6 Å². The van der Waals surface area contributed by atoms with Gasteiger partial charge in [0.15, 0.2) is 0 Å². The van der Waals surface area contributed by atoms with Gasteiger partial charge >= 0.3 is 0 Å². The second-order valence-electron chi connectivity index (χ2n) is 4.61. The molecule has 0 radical (unpaired) electrons. The van der Waals surface area contributed by atoms with Gasteiger partial charge in [0.1, 0.15) is 12.4 Å². The monoisotopic (exact) mass is 292 g/mol. The third-order valence-electron chi connectivity index (χ3n) is 2.99. The van der Waals surface area contributed by atoms with Gasteiger partial charge in [0.05, 0.1) is 11.1 Å². The molecule has 0 aliphatic carbocycles. The highest BCUT2D eigenvalue weighted by Gasteiger charge is 2.36. The Bertz CT molecular complexity index is 642. The zero-order chi connectivity index (χ0) is 15.6. The number of fused-ring (bicyclic) bond motifs is 1. The van der Waals surface area contributed by atoms with Crippen LogP contribution >= 0.6 is 0 Å². The molecule has 2 rings (SSSR count). The SMILES string of the molecule is CCCC(=O)NC(=O)CN1C(=O)c2ccc(F)cc2C1=O. The van der Waals surface area contributed by atoms with E-state index >= 15 is 0 Å². The first-order chi connectivity index (χ1) is 9.93. The fourth-order valence-electron chi connectivity index (χ4n) is 2.03. The summed E-state index contributed by atoms with van der Waals surface area (Å²) in [5.41, 5.74) is -0.0261. The molecule has 0 unspecified atom stereocenters. The molecule has 1 aromatic carbocycles. The van der Waals surface area contributed by atoms with Crippen molar-refractivity contribution in [2.24, 2.45) is 0 Å². The Labute approximate surface area is 119 Å². The van der Waals surface area contributed by atoms with E-state index < -0.39 is 36.0 Å². The van der Waals surface area contributed by atoms with Crippen LogP contribution in [0.3, 0.4) is 0 Å². The normalized spacial score (nSPS) is 13.3.